The second-order valence-corrected chi connectivity index (χ2v) is 5.55. The van der Waals surface area contributed by atoms with Crippen molar-refractivity contribution in [2.24, 2.45) is 4.99 Å². The maximum atomic E-state index is 12.0. The molecule has 2 aromatic carbocycles. The number of cyclic esters (lactones) is 1. The Hall–Kier alpha value is -2.68. The highest BCUT2D eigenvalue weighted by Gasteiger charge is 2.24. The van der Waals surface area contributed by atoms with Crippen molar-refractivity contribution in [3.8, 4) is 0 Å². The Morgan fingerprint density at radius 2 is 1.68 bits per heavy atom. The van der Waals surface area contributed by atoms with Gasteiger partial charge in [0.2, 0.25) is 5.90 Å². The first-order chi connectivity index (χ1) is 10.5. The summed E-state index contributed by atoms with van der Waals surface area (Å²) in [6, 6.07) is 13.8. The van der Waals surface area contributed by atoms with Crippen LogP contribution in [-0.2, 0) is 9.53 Å². The van der Waals surface area contributed by atoms with E-state index in [4.69, 9.17) is 4.74 Å². The van der Waals surface area contributed by atoms with Gasteiger partial charge in [-0.25, -0.2) is 9.79 Å². The molecule has 0 atom stereocenters. The normalized spacial score (nSPS) is 15.9. The van der Waals surface area contributed by atoms with Crippen molar-refractivity contribution in [2.45, 2.75) is 20.8 Å². The molecule has 3 rings (SSSR count). The van der Waals surface area contributed by atoms with Gasteiger partial charge in [-0.3, -0.25) is 0 Å². The number of carbonyl (C=O) groups excluding carboxylic acids is 1. The fourth-order valence-electron chi connectivity index (χ4n) is 2.23. The van der Waals surface area contributed by atoms with E-state index in [0.29, 0.717) is 11.6 Å². The van der Waals surface area contributed by atoms with E-state index in [2.05, 4.69) is 4.99 Å². The predicted molar refractivity (Wildman–Crippen MR) is 87.7 cm³/mol. The summed E-state index contributed by atoms with van der Waals surface area (Å²) in [5, 5.41) is 0. The standard InChI is InChI=1S/C19H17NO2/c1-12-4-7-15(8-5-12)11-17-19(21)22-18(20-17)16-9-6-13(2)14(3)10-16/h4-11H,1-3H3/b17-11-. The first-order valence-corrected chi connectivity index (χ1v) is 7.20. The Balaban J connectivity index is 1.94. The Bertz CT molecular complexity index is 799. The molecule has 0 amide bonds. The highest BCUT2D eigenvalue weighted by atomic mass is 16.6. The minimum absolute atomic E-state index is 0.331. The minimum Gasteiger partial charge on any atom is -0.402 e. The highest BCUT2D eigenvalue weighted by Crippen LogP contribution is 2.20. The van der Waals surface area contributed by atoms with E-state index >= 15 is 0 Å². The van der Waals surface area contributed by atoms with Gasteiger partial charge >= 0.3 is 5.97 Å². The van der Waals surface area contributed by atoms with Crippen molar-refractivity contribution < 1.29 is 9.53 Å². The molecule has 3 nitrogen and oxygen atoms in total. The molecule has 2 aromatic rings. The number of hydrogen-bond acceptors (Lipinski definition) is 3. The number of ether oxygens (including phenoxy) is 1. The largest absolute Gasteiger partial charge is 0.402 e. The summed E-state index contributed by atoms with van der Waals surface area (Å²) in [5.41, 5.74) is 5.61. The van der Waals surface area contributed by atoms with Gasteiger partial charge < -0.3 is 4.74 Å². The molecule has 0 saturated heterocycles. The third-order valence-electron chi connectivity index (χ3n) is 3.76. The lowest BCUT2D eigenvalue weighted by molar-refractivity contribution is -0.129. The van der Waals surface area contributed by atoms with Crippen molar-refractivity contribution in [1.82, 2.24) is 0 Å². The fourth-order valence-corrected chi connectivity index (χ4v) is 2.23. The van der Waals surface area contributed by atoms with Crippen LogP contribution in [0.4, 0.5) is 0 Å². The summed E-state index contributed by atoms with van der Waals surface area (Å²) in [5.74, 6) is -0.0414. The molecule has 0 radical (unpaired) electrons. The van der Waals surface area contributed by atoms with Crippen LogP contribution in [-0.4, -0.2) is 11.9 Å². The number of nitrogens with zero attached hydrogens (tertiary/aromatic N) is 1. The van der Waals surface area contributed by atoms with Gasteiger partial charge in [-0.05, 0) is 55.7 Å². The van der Waals surface area contributed by atoms with E-state index < -0.39 is 5.97 Å². The molecule has 110 valence electrons. The molecule has 1 aliphatic rings. The molecule has 0 N–H and O–H groups in total. The van der Waals surface area contributed by atoms with Gasteiger partial charge in [0.25, 0.3) is 0 Å². The zero-order valence-electron chi connectivity index (χ0n) is 12.9. The molecule has 22 heavy (non-hydrogen) atoms. The van der Waals surface area contributed by atoms with E-state index in [1.807, 2.05) is 63.2 Å². The number of carbonyl (C=O) groups is 1. The second-order valence-electron chi connectivity index (χ2n) is 5.55. The van der Waals surface area contributed by atoms with Gasteiger partial charge in [0.05, 0.1) is 0 Å². The lowest BCUT2D eigenvalue weighted by Gasteiger charge is -2.03. The molecule has 0 aliphatic carbocycles. The van der Waals surface area contributed by atoms with E-state index in [0.717, 1.165) is 16.7 Å². The average molecular weight is 291 g/mol. The molecule has 1 aliphatic heterocycles. The molecule has 3 heteroatoms. The van der Waals surface area contributed by atoms with Gasteiger partial charge in [0.1, 0.15) is 0 Å². The van der Waals surface area contributed by atoms with Crippen LogP contribution in [0.5, 0.6) is 0 Å². The van der Waals surface area contributed by atoms with Crippen LogP contribution < -0.4 is 0 Å². The van der Waals surface area contributed by atoms with Crippen molar-refractivity contribution >= 4 is 17.9 Å². The minimum atomic E-state index is -0.409. The Kier molecular flexibility index (Phi) is 3.63. The fraction of sp³-hybridized carbons (Fsp3) is 0.158. The van der Waals surface area contributed by atoms with Gasteiger partial charge in [-0.2, -0.15) is 0 Å². The van der Waals surface area contributed by atoms with E-state index in [9.17, 15) is 4.79 Å². The number of aryl methyl sites for hydroxylation is 3. The Morgan fingerprint density at radius 1 is 0.955 bits per heavy atom. The molecule has 0 aromatic heterocycles. The number of benzene rings is 2. The van der Waals surface area contributed by atoms with Crippen LogP contribution in [0, 0.1) is 20.8 Å². The summed E-state index contributed by atoms with van der Waals surface area (Å²) in [6.45, 7) is 6.10. The third-order valence-corrected chi connectivity index (χ3v) is 3.76. The zero-order chi connectivity index (χ0) is 15.7. The number of esters is 1. The van der Waals surface area contributed by atoms with E-state index in [1.54, 1.807) is 6.08 Å². The molecular formula is C19H17NO2. The van der Waals surface area contributed by atoms with E-state index in [1.165, 1.54) is 11.1 Å². The van der Waals surface area contributed by atoms with Crippen molar-refractivity contribution in [3.63, 3.8) is 0 Å². The van der Waals surface area contributed by atoms with Gasteiger partial charge in [-0.15, -0.1) is 0 Å². The van der Waals surface area contributed by atoms with Crippen molar-refractivity contribution in [3.05, 3.63) is 76.0 Å². The average Bonchev–Trinajstić information content (AvgIpc) is 2.85. The lowest BCUT2D eigenvalue weighted by Crippen LogP contribution is -2.05. The summed E-state index contributed by atoms with van der Waals surface area (Å²) in [7, 11) is 0. The van der Waals surface area contributed by atoms with E-state index in [-0.39, 0.29) is 0 Å². The Labute approximate surface area is 130 Å². The highest BCUT2D eigenvalue weighted by molar-refractivity contribution is 6.12. The first-order valence-electron chi connectivity index (χ1n) is 7.20. The molecular weight excluding hydrogens is 274 g/mol. The van der Waals surface area contributed by atoms with Crippen LogP contribution in [0.15, 0.2) is 53.2 Å². The van der Waals surface area contributed by atoms with Gasteiger partial charge in [0.15, 0.2) is 5.70 Å². The second kappa shape index (κ2) is 5.60. The van der Waals surface area contributed by atoms with Crippen LogP contribution >= 0.6 is 0 Å². The summed E-state index contributed by atoms with van der Waals surface area (Å²) < 4.78 is 5.29. The number of hydrogen-bond donors (Lipinski definition) is 0. The summed E-state index contributed by atoms with van der Waals surface area (Å²) >= 11 is 0. The first kappa shape index (κ1) is 14.3. The van der Waals surface area contributed by atoms with Crippen LogP contribution in [0.2, 0.25) is 0 Å². The van der Waals surface area contributed by atoms with Crippen LogP contribution in [0.1, 0.15) is 27.8 Å². The van der Waals surface area contributed by atoms with Crippen LogP contribution in [0.25, 0.3) is 6.08 Å². The summed E-state index contributed by atoms with van der Waals surface area (Å²) in [4.78, 5) is 16.3. The van der Waals surface area contributed by atoms with Crippen molar-refractivity contribution in [1.29, 1.82) is 0 Å². The quantitative estimate of drug-likeness (QED) is 0.620. The maximum absolute atomic E-state index is 12.0. The predicted octanol–water partition coefficient (Wildman–Crippen LogP) is 3.96. The molecule has 0 fully saturated rings. The smallest absolute Gasteiger partial charge is 0.363 e. The van der Waals surface area contributed by atoms with Crippen molar-refractivity contribution in [2.75, 3.05) is 0 Å². The zero-order valence-corrected chi connectivity index (χ0v) is 12.9. The molecule has 0 spiro atoms. The van der Waals surface area contributed by atoms with Gasteiger partial charge in [0, 0.05) is 5.56 Å². The van der Waals surface area contributed by atoms with Crippen LogP contribution in [0.3, 0.4) is 0 Å². The molecule has 0 saturated carbocycles. The molecule has 1 heterocycles. The lowest BCUT2D eigenvalue weighted by atomic mass is 10.1. The monoisotopic (exact) mass is 291 g/mol. The summed E-state index contributed by atoms with van der Waals surface area (Å²) in [6.07, 6.45) is 1.75. The van der Waals surface area contributed by atoms with Gasteiger partial charge in [-0.1, -0.05) is 35.9 Å². The maximum Gasteiger partial charge on any atom is 0.363 e. The molecule has 0 unspecified atom stereocenters. The third kappa shape index (κ3) is 2.84. The SMILES string of the molecule is Cc1ccc(/C=C2\N=C(c3ccc(C)c(C)c3)OC2=O)cc1. The molecule has 0 bridgehead atoms. The number of rotatable bonds is 2. The Morgan fingerprint density at radius 3 is 2.36 bits per heavy atom. The number of aliphatic imine (C=N–C) groups is 1. The topological polar surface area (TPSA) is 38.7 Å².